The zero-order valence-corrected chi connectivity index (χ0v) is 26.5. The molecule has 0 aliphatic heterocycles. The van der Waals surface area contributed by atoms with Crippen molar-refractivity contribution in [3.05, 3.63) is 73.6 Å². The van der Waals surface area contributed by atoms with E-state index in [1.165, 1.54) is 68.1 Å². The third kappa shape index (κ3) is 5.88. The van der Waals surface area contributed by atoms with Gasteiger partial charge in [0.2, 0.25) is 0 Å². The second kappa shape index (κ2) is 12.5. The van der Waals surface area contributed by atoms with Crippen LogP contribution in [0.1, 0.15) is 107 Å². The summed E-state index contributed by atoms with van der Waals surface area (Å²) in [5.74, 6) is 1.43. The van der Waals surface area contributed by atoms with Gasteiger partial charge >= 0.3 is 231 Å². The van der Waals surface area contributed by atoms with Crippen LogP contribution in [0.2, 0.25) is 0 Å². The number of rotatable bonds is 11. The average molecular weight is 560 g/mol. The molecule has 4 rings (SSSR count). The van der Waals surface area contributed by atoms with Crippen molar-refractivity contribution in [1.82, 2.24) is 0 Å². The molecular weight excluding hydrogens is 512 g/mol. The Morgan fingerprint density at radius 1 is 0.917 bits per heavy atom. The van der Waals surface area contributed by atoms with Gasteiger partial charge in [-0.1, -0.05) is 0 Å². The van der Waals surface area contributed by atoms with Crippen molar-refractivity contribution in [2.75, 3.05) is 0 Å². The molecule has 0 amide bonds. The molecule has 2 aromatic rings. The van der Waals surface area contributed by atoms with Crippen LogP contribution < -0.4 is 3.27 Å². The normalized spacial score (nSPS) is 14.7. The number of aryl methyl sites for hydroxylation is 2. The quantitative estimate of drug-likeness (QED) is 0.219. The van der Waals surface area contributed by atoms with E-state index in [9.17, 15) is 0 Å². The maximum absolute atomic E-state index is 2.57. The van der Waals surface area contributed by atoms with E-state index in [2.05, 4.69) is 91.0 Å². The van der Waals surface area contributed by atoms with Crippen molar-refractivity contribution >= 4 is 6.48 Å². The van der Waals surface area contributed by atoms with Gasteiger partial charge < -0.3 is 0 Å². The standard InChI is InChI=1S/C21H25.C9H18.C5H5.Zr/c1-13(2)14(3)8-17-6-7-20-19(11-17)12-18-9-15(4)16(5)10-21(18)20;1-3-5-7-9-8-6-4-2;1-2-4-5-3-1;/h6-7,9-10,13-14H,8,12H2,1-5H3;3-8H2,1-2H3;1-3H,4H2;. The molecule has 1 atom stereocenters. The van der Waals surface area contributed by atoms with Crippen LogP contribution in [-0.2, 0) is 34.1 Å². The predicted octanol–water partition coefficient (Wildman–Crippen LogP) is 9.35. The minimum atomic E-state index is -2.23. The molecule has 0 radical (unpaired) electrons. The molecule has 192 valence electrons. The molecule has 2 aliphatic rings. The Bertz CT molecular complexity index is 1180. The zero-order valence-electron chi connectivity index (χ0n) is 24.1. The average Bonchev–Trinajstić information content (AvgIpc) is 3.50. The summed E-state index contributed by atoms with van der Waals surface area (Å²) in [7, 11) is 0. The van der Waals surface area contributed by atoms with Gasteiger partial charge in [0.1, 0.15) is 0 Å². The van der Waals surface area contributed by atoms with Gasteiger partial charge in [0.05, 0.1) is 0 Å². The molecule has 0 saturated carbocycles. The van der Waals surface area contributed by atoms with Crippen molar-refractivity contribution in [3.63, 3.8) is 0 Å². The summed E-state index contributed by atoms with van der Waals surface area (Å²) in [6.45, 7) is 16.6. The molecule has 0 N–H and O–H groups in total. The number of hydrogen-bond acceptors (Lipinski definition) is 0. The molecule has 0 heterocycles. The van der Waals surface area contributed by atoms with Crippen LogP contribution in [0, 0.1) is 25.7 Å². The fraction of sp³-hybridized carbons (Fsp3) is 0.514. The number of unbranched alkanes of at least 4 members (excludes halogenated alkanes) is 2. The van der Waals surface area contributed by atoms with Crippen molar-refractivity contribution in [2.24, 2.45) is 11.8 Å². The van der Waals surface area contributed by atoms with Crippen molar-refractivity contribution in [2.45, 2.75) is 106 Å². The van der Waals surface area contributed by atoms with E-state index < -0.39 is 21.3 Å². The molecule has 2 aliphatic carbocycles. The van der Waals surface area contributed by atoms with Gasteiger partial charge in [-0.15, -0.1) is 0 Å². The summed E-state index contributed by atoms with van der Waals surface area (Å²) in [6.07, 6.45) is 18.9. The number of fused-ring (bicyclic) bond motifs is 3. The summed E-state index contributed by atoms with van der Waals surface area (Å²) in [6, 6.07) is 10.0. The van der Waals surface area contributed by atoms with Crippen LogP contribution in [0.4, 0.5) is 0 Å². The first-order chi connectivity index (χ1) is 17.3. The second-order valence-corrected chi connectivity index (χ2v) is 18.2. The van der Waals surface area contributed by atoms with Gasteiger partial charge in [0, 0.05) is 0 Å². The van der Waals surface area contributed by atoms with E-state index in [4.69, 9.17) is 0 Å². The molecule has 2 aromatic carbocycles. The Balaban J connectivity index is 1.98. The van der Waals surface area contributed by atoms with Gasteiger partial charge in [0.25, 0.3) is 0 Å². The van der Waals surface area contributed by atoms with E-state index in [0.717, 1.165) is 12.3 Å². The molecule has 0 nitrogen and oxygen atoms in total. The molecule has 0 bridgehead atoms. The fourth-order valence-electron chi connectivity index (χ4n) is 6.01. The Morgan fingerprint density at radius 2 is 1.61 bits per heavy atom. The molecule has 0 spiro atoms. The molecule has 0 fully saturated rings. The summed E-state index contributed by atoms with van der Waals surface area (Å²) in [5.41, 5.74) is 10.9. The molecule has 0 saturated heterocycles. The van der Waals surface area contributed by atoms with E-state index in [1.807, 2.05) is 9.76 Å². The van der Waals surface area contributed by atoms with Crippen LogP contribution >= 0.6 is 0 Å². The fourth-order valence-corrected chi connectivity index (χ4v) is 14.9. The predicted molar refractivity (Wildman–Crippen MR) is 157 cm³/mol. The molecular formula is C35H48Zr. The number of benzene rings is 2. The van der Waals surface area contributed by atoms with Crippen LogP contribution in [0.25, 0.3) is 11.1 Å². The maximum atomic E-state index is 2.57. The van der Waals surface area contributed by atoms with Crippen molar-refractivity contribution < 1.29 is 21.3 Å². The van der Waals surface area contributed by atoms with E-state index in [-0.39, 0.29) is 0 Å². The summed E-state index contributed by atoms with van der Waals surface area (Å²) < 4.78 is 5.70. The number of allylic oxidation sites excluding steroid dienone is 4. The topological polar surface area (TPSA) is 0 Å². The SMILES string of the molecule is CCCC[C](CCCC)=[Zr]([C]1=CC=CC1)[c]1c(CC(C)C(C)C)ccc2c1Cc1cc(C)c(C)cc1-2. The first-order valence-electron chi connectivity index (χ1n) is 14.7. The molecule has 0 aromatic heterocycles. The van der Waals surface area contributed by atoms with Gasteiger partial charge in [0.15, 0.2) is 0 Å². The third-order valence-electron chi connectivity index (χ3n) is 8.82. The van der Waals surface area contributed by atoms with Gasteiger partial charge in [-0.3, -0.25) is 0 Å². The Hall–Kier alpha value is -1.33. The third-order valence-corrected chi connectivity index (χ3v) is 17.0. The van der Waals surface area contributed by atoms with Gasteiger partial charge in [-0.2, -0.15) is 0 Å². The minimum absolute atomic E-state index is 0.713. The molecule has 1 heteroatoms. The molecule has 36 heavy (non-hydrogen) atoms. The Kier molecular flexibility index (Phi) is 9.60. The Labute approximate surface area is 229 Å². The van der Waals surface area contributed by atoms with E-state index in [0.29, 0.717) is 5.92 Å². The van der Waals surface area contributed by atoms with Crippen molar-refractivity contribution in [3.8, 4) is 11.1 Å². The zero-order chi connectivity index (χ0) is 25.8. The van der Waals surface area contributed by atoms with Crippen LogP contribution in [0.5, 0.6) is 0 Å². The monoisotopic (exact) mass is 558 g/mol. The first-order valence-corrected chi connectivity index (χ1v) is 18.4. The summed E-state index contributed by atoms with van der Waals surface area (Å²) >= 11 is -2.23. The van der Waals surface area contributed by atoms with Crippen LogP contribution in [0.15, 0.2) is 45.8 Å². The van der Waals surface area contributed by atoms with E-state index in [1.54, 1.807) is 22.3 Å². The first kappa shape index (κ1) is 27.7. The van der Waals surface area contributed by atoms with Crippen molar-refractivity contribution in [1.29, 1.82) is 0 Å². The van der Waals surface area contributed by atoms with Gasteiger partial charge in [-0.25, -0.2) is 0 Å². The summed E-state index contributed by atoms with van der Waals surface area (Å²) in [4.78, 5) is 0. The number of hydrogen-bond donors (Lipinski definition) is 0. The summed E-state index contributed by atoms with van der Waals surface area (Å²) in [5, 5.41) is 0. The van der Waals surface area contributed by atoms with Crippen LogP contribution in [0.3, 0.4) is 0 Å². The Morgan fingerprint density at radius 3 is 2.22 bits per heavy atom. The van der Waals surface area contributed by atoms with Crippen LogP contribution in [-0.4, -0.2) is 3.21 Å². The second-order valence-electron chi connectivity index (χ2n) is 11.8. The van der Waals surface area contributed by atoms with E-state index >= 15 is 0 Å². The molecule has 1 unspecified atom stereocenters. The van der Waals surface area contributed by atoms with Gasteiger partial charge in [-0.05, 0) is 0 Å².